The van der Waals surface area contributed by atoms with Gasteiger partial charge >= 0.3 is 7.82 Å². The maximum Gasteiger partial charge on any atom is 0.478 e. The Balaban J connectivity index is 0.000000517. The molecular weight excluding hydrogens is 604 g/mol. The second-order valence-electron chi connectivity index (χ2n) is 9.74. The van der Waals surface area contributed by atoms with Crippen LogP contribution in [0.3, 0.4) is 0 Å². The summed E-state index contributed by atoms with van der Waals surface area (Å²) in [5.74, 6) is -0.145. The minimum absolute atomic E-state index is 0.0573. The molecule has 2 aromatic rings. The zero-order chi connectivity index (χ0) is 31.0. The van der Waals surface area contributed by atoms with Gasteiger partial charge in [-0.25, -0.2) is 18.4 Å². The average molecular weight is 642 g/mol. The van der Waals surface area contributed by atoms with Crippen LogP contribution in [-0.4, -0.2) is 103 Å². The van der Waals surface area contributed by atoms with Crippen molar-refractivity contribution < 1.29 is 61.6 Å². The number of phosphoric acid groups is 2. The van der Waals surface area contributed by atoms with Crippen LogP contribution in [0.5, 0.6) is 0 Å². The molecule has 2 aromatic heterocycles. The van der Waals surface area contributed by atoms with Crippen molar-refractivity contribution in [2.75, 3.05) is 44.3 Å². The van der Waals surface area contributed by atoms with Gasteiger partial charge in [0.25, 0.3) is 13.6 Å². The molecule has 21 heteroatoms. The number of nitrogens with zero attached hydrogens (tertiary/aromatic N) is 5. The summed E-state index contributed by atoms with van der Waals surface area (Å²) in [6, 6.07) is 0. The normalized spacial score (nSPS) is 37.1. The first-order valence-corrected chi connectivity index (χ1v) is 16.2. The summed E-state index contributed by atoms with van der Waals surface area (Å²) in [6.45, 7) is 8.51. The summed E-state index contributed by atoms with van der Waals surface area (Å²) in [5.41, 5.74) is 12.5. The van der Waals surface area contributed by atoms with E-state index < -0.39 is 71.8 Å². The van der Waals surface area contributed by atoms with Crippen molar-refractivity contribution in [1.29, 1.82) is 0 Å². The third kappa shape index (κ3) is 6.94. The molecule has 8 bridgehead atoms. The average Bonchev–Trinajstić information content (AvgIpc) is 3.55. The third-order valence-electron chi connectivity index (χ3n) is 7.19. The van der Waals surface area contributed by atoms with Crippen molar-refractivity contribution in [2.45, 2.75) is 70.2 Å². The van der Waals surface area contributed by atoms with Gasteiger partial charge in [0.1, 0.15) is 30.6 Å². The van der Waals surface area contributed by atoms with Crippen LogP contribution in [0, 0.1) is 0 Å². The lowest BCUT2D eigenvalue weighted by atomic mass is 10.1. The molecule has 4 aliphatic heterocycles. The highest BCUT2D eigenvalue weighted by molar-refractivity contribution is 7.60. The predicted molar refractivity (Wildman–Crippen MR) is 141 cm³/mol. The summed E-state index contributed by atoms with van der Waals surface area (Å²) in [4.78, 5) is 32.7. The summed E-state index contributed by atoms with van der Waals surface area (Å²) < 4.78 is 51.3. The standard InChI is InChI=1S/C15H22N6O12P2.C6H15N/c16-12-9-13-18-4-20(12)14-11(24)10(23)7(32-14)3-30-35(27,28)33-34(25,26)29-2-6-5(22)1-8(31-6)21(13)15(17)19-9;1-4-7(5-2)6-3/h4-8,10-11,14,16,22-24H,1-3H2,(H4,17,19,25,26,27,28);4-6H2,1-3H3/t5-,6+,7+,8+,10+,11+,14+;/m0./s1. The molecule has 42 heavy (non-hydrogen) atoms. The van der Waals surface area contributed by atoms with E-state index in [1.165, 1.54) is 30.5 Å². The third-order valence-corrected chi connectivity index (χ3v) is 9.75. The van der Waals surface area contributed by atoms with E-state index in [0.717, 1.165) is 4.57 Å². The molecule has 19 nitrogen and oxygen atoms in total. The van der Waals surface area contributed by atoms with Crippen molar-refractivity contribution in [1.82, 2.24) is 19.4 Å². The van der Waals surface area contributed by atoms with Crippen molar-refractivity contribution in [3.63, 3.8) is 0 Å². The van der Waals surface area contributed by atoms with Crippen LogP contribution < -0.4 is 20.9 Å². The zero-order valence-corrected chi connectivity index (χ0v) is 25.0. The van der Waals surface area contributed by atoms with Crippen LogP contribution in [0.25, 0.3) is 11.2 Å². The maximum absolute atomic E-state index is 12.1. The topological polar surface area (TPSA) is 274 Å². The SMILES string of the molecule is CCN(CC)CC.Nc1nc2c(N)[n+]3cnc2n1[C@H]1C[C@H](O)[C@@H](COP(=O)(O)OP(=O)([O-])OC[C@H]2O[C@@H]3[C@H](O)[C@@H]2O)O1. The lowest BCUT2D eigenvalue weighted by Crippen LogP contribution is -2.48. The van der Waals surface area contributed by atoms with E-state index in [-0.39, 0.29) is 29.4 Å². The van der Waals surface area contributed by atoms with Gasteiger partial charge in [-0.05, 0) is 19.6 Å². The van der Waals surface area contributed by atoms with Crippen LogP contribution >= 0.6 is 15.6 Å². The highest BCUT2D eigenvalue weighted by Crippen LogP contribution is 2.58. The van der Waals surface area contributed by atoms with Crippen LogP contribution in [0.2, 0.25) is 0 Å². The molecule has 0 aromatic carbocycles. The second kappa shape index (κ2) is 13.0. The number of rotatable bonds is 3. The smallest absolute Gasteiger partial charge is 0.478 e. The van der Waals surface area contributed by atoms with Gasteiger partial charge in [0.05, 0.1) is 19.3 Å². The highest BCUT2D eigenvalue weighted by atomic mass is 31.3. The number of nitrogen functional groups attached to an aromatic ring is 2. The van der Waals surface area contributed by atoms with Crippen LogP contribution in [0.1, 0.15) is 39.6 Å². The molecule has 2 unspecified atom stereocenters. The van der Waals surface area contributed by atoms with Gasteiger partial charge in [0, 0.05) is 6.42 Å². The number of hydrogen-bond donors (Lipinski definition) is 6. The van der Waals surface area contributed by atoms with Crippen LogP contribution in [0.15, 0.2) is 6.33 Å². The molecule has 4 aliphatic rings. The lowest BCUT2D eigenvalue weighted by molar-refractivity contribution is -0.755. The van der Waals surface area contributed by atoms with E-state index in [1.807, 2.05) is 0 Å². The Kier molecular flexibility index (Phi) is 10.3. The zero-order valence-electron chi connectivity index (χ0n) is 23.2. The van der Waals surface area contributed by atoms with E-state index in [4.69, 9.17) is 20.9 Å². The van der Waals surface area contributed by atoms with Gasteiger partial charge in [0.15, 0.2) is 5.52 Å². The monoisotopic (exact) mass is 641 g/mol. The number of phosphoric ester groups is 2. The molecule has 0 radical (unpaired) electrons. The van der Waals surface area contributed by atoms with E-state index in [1.54, 1.807) is 0 Å². The molecule has 238 valence electrons. The van der Waals surface area contributed by atoms with Gasteiger partial charge in [-0.2, -0.15) is 0 Å². The predicted octanol–water partition coefficient (Wildman–Crippen LogP) is -1.87. The van der Waals surface area contributed by atoms with Crippen molar-refractivity contribution in [3.05, 3.63) is 6.33 Å². The largest absolute Gasteiger partial charge is 0.756 e. The molecule has 6 rings (SSSR count). The van der Waals surface area contributed by atoms with E-state index in [0.29, 0.717) is 0 Å². The number of aliphatic hydroxyl groups is 3. The van der Waals surface area contributed by atoms with Gasteiger partial charge in [-0.1, -0.05) is 25.8 Å². The Morgan fingerprint density at radius 1 is 1.07 bits per heavy atom. The van der Waals surface area contributed by atoms with E-state index in [9.17, 15) is 34.2 Å². The van der Waals surface area contributed by atoms with E-state index >= 15 is 0 Å². The quantitative estimate of drug-likeness (QED) is 0.158. The number of aliphatic hydroxyl groups excluding tert-OH is 3. The Morgan fingerprint density at radius 2 is 1.71 bits per heavy atom. The van der Waals surface area contributed by atoms with Crippen molar-refractivity contribution >= 4 is 38.6 Å². The number of hydrogen-bond acceptors (Lipinski definition) is 16. The molecule has 8 N–H and O–H groups in total. The van der Waals surface area contributed by atoms with Gasteiger partial charge in [-0.3, -0.25) is 13.7 Å². The number of imidazole rings is 1. The van der Waals surface area contributed by atoms with Crippen molar-refractivity contribution in [2.24, 2.45) is 0 Å². The lowest BCUT2D eigenvalue weighted by Gasteiger charge is -2.26. The van der Waals surface area contributed by atoms with Crippen molar-refractivity contribution in [3.8, 4) is 0 Å². The summed E-state index contributed by atoms with van der Waals surface area (Å²) in [6.07, 6.45) is -8.20. The molecule has 0 saturated carbocycles. The number of aromatic nitrogens is 4. The van der Waals surface area contributed by atoms with Gasteiger partial charge in [-0.15, -0.1) is 0 Å². The van der Waals surface area contributed by atoms with Gasteiger partial charge < -0.3 is 55.5 Å². The Labute approximate surface area is 240 Å². The Bertz CT molecular complexity index is 1340. The maximum atomic E-state index is 12.1. The number of ether oxygens (including phenoxy) is 2. The van der Waals surface area contributed by atoms with E-state index in [2.05, 4.69) is 49.0 Å². The summed E-state index contributed by atoms with van der Waals surface area (Å²) >= 11 is 0. The summed E-state index contributed by atoms with van der Waals surface area (Å²) in [5, 5.41) is 31.2. The minimum Gasteiger partial charge on any atom is -0.756 e. The van der Waals surface area contributed by atoms with Gasteiger partial charge in [0.2, 0.25) is 24.2 Å². The first-order valence-electron chi connectivity index (χ1n) is 13.3. The highest BCUT2D eigenvalue weighted by Gasteiger charge is 2.48. The molecular formula is C21H37N7O12P2. The molecule has 2 saturated heterocycles. The van der Waals surface area contributed by atoms with Crippen LogP contribution in [-0.2, 0) is 32.0 Å². The van der Waals surface area contributed by atoms with Crippen LogP contribution in [0.4, 0.5) is 11.8 Å². The first kappa shape index (κ1) is 33.1. The molecule has 0 spiro atoms. The molecule has 2 fully saturated rings. The minimum atomic E-state index is -5.46. The number of anilines is 2. The number of fused-ring (bicyclic) bond motifs is 7. The fourth-order valence-electron chi connectivity index (χ4n) is 4.82. The Morgan fingerprint density at radius 3 is 2.33 bits per heavy atom. The number of nitrogens with two attached hydrogens (primary N) is 2. The second-order valence-corrected chi connectivity index (χ2v) is 12.7. The fraction of sp³-hybridized carbons (Fsp3) is 0.762. The molecule has 0 amide bonds. The fourth-order valence-corrected chi connectivity index (χ4v) is 6.87. The molecule has 6 heterocycles. The Hall–Kier alpha value is -1.83. The molecule has 9 atom stereocenters. The molecule has 0 aliphatic carbocycles. The first-order chi connectivity index (χ1) is 19.7. The summed E-state index contributed by atoms with van der Waals surface area (Å²) in [7, 11) is -10.7.